The van der Waals surface area contributed by atoms with Gasteiger partial charge in [0.25, 0.3) is 0 Å². The molecular formula is C50H44F6O4. The van der Waals surface area contributed by atoms with Gasteiger partial charge in [0.2, 0.25) is 5.41 Å². The zero-order valence-electron chi connectivity index (χ0n) is 33.7. The summed E-state index contributed by atoms with van der Waals surface area (Å²) in [6.45, 7) is 10.0. The first-order valence-electron chi connectivity index (χ1n) is 19.6. The largest absolute Gasteiger partial charge is 0.486 e. The molecule has 0 amide bonds. The third-order valence-electron chi connectivity index (χ3n) is 11.5. The van der Waals surface area contributed by atoms with Gasteiger partial charge in [0, 0.05) is 22.3 Å². The Morgan fingerprint density at radius 1 is 0.500 bits per heavy atom. The maximum absolute atomic E-state index is 14.9. The number of aryl methyl sites for hydroxylation is 1. The normalized spacial score (nSPS) is 12.8. The highest BCUT2D eigenvalue weighted by molar-refractivity contribution is 6.09. The zero-order chi connectivity index (χ0) is 43.5. The molecule has 1 atom stereocenters. The maximum Gasteiger partial charge on any atom is 0.411 e. The van der Waals surface area contributed by atoms with Gasteiger partial charge >= 0.3 is 12.4 Å². The quantitative estimate of drug-likeness (QED) is 0.0811. The van der Waals surface area contributed by atoms with Gasteiger partial charge in [0.1, 0.15) is 23.4 Å². The van der Waals surface area contributed by atoms with E-state index in [2.05, 4.69) is 20.8 Å². The molecule has 6 aromatic carbocycles. The summed E-state index contributed by atoms with van der Waals surface area (Å²) in [4.78, 5) is 26.1. The minimum atomic E-state index is -5.80. The van der Waals surface area contributed by atoms with Crippen LogP contribution in [0.1, 0.15) is 106 Å². The second kappa shape index (κ2) is 17.2. The van der Waals surface area contributed by atoms with Gasteiger partial charge in [0.05, 0.1) is 0 Å². The van der Waals surface area contributed by atoms with Gasteiger partial charge in [-0.15, -0.1) is 0 Å². The maximum atomic E-state index is 14.9. The van der Waals surface area contributed by atoms with Gasteiger partial charge < -0.3 is 9.47 Å². The van der Waals surface area contributed by atoms with Crippen molar-refractivity contribution in [2.75, 3.05) is 0 Å². The second-order valence-electron chi connectivity index (χ2n) is 15.2. The highest BCUT2D eigenvalue weighted by Crippen LogP contribution is 2.56. The molecule has 0 saturated carbocycles. The lowest BCUT2D eigenvalue weighted by Gasteiger charge is -2.38. The summed E-state index contributed by atoms with van der Waals surface area (Å²) < 4.78 is 101. The molecule has 60 heavy (non-hydrogen) atoms. The third kappa shape index (κ3) is 8.74. The van der Waals surface area contributed by atoms with Crippen molar-refractivity contribution in [3.63, 3.8) is 0 Å². The molecule has 0 N–H and O–H groups in total. The van der Waals surface area contributed by atoms with Crippen molar-refractivity contribution in [1.29, 1.82) is 0 Å². The van der Waals surface area contributed by atoms with Crippen LogP contribution < -0.4 is 9.47 Å². The van der Waals surface area contributed by atoms with E-state index in [0.717, 1.165) is 72.5 Å². The average Bonchev–Trinajstić information content (AvgIpc) is 3.24. The van der Waals surface area contributed by atoms with Crippen molar-refractivity contribution in [3.05, 3.63) is 196 Å². The summed E-state index contributed by atoms with van der Waals surface area (Å²) >= 11 is 0. The van der Waals surface area contributed by atoms with Crippen LogP contribution in [0.15, 0.2) is 146 Å². The first-order chi connectivity index (χ1) is 28.4. The lowest BCUT2D eigenvalue weighted by atomic mass is 9.73. The molecular weight excluding hydrogens is 779 g/mol. The summed E-state index contributed by atoms with van der Waals surface area (Å²) in [5.41, 5.74) is -1.83. The standard InChI is InChI=1S/C50H44F6O4/c1-6-47(5,7-2)39-20-16-37(17-21-39)46(58)38-18-26-43(27-19-38)60-44-30-24-41(25-31-44)48(49(51,52)53,50(54,55)56)40-22-28-42(29-23-40)59-33(4)34-12-14-36(15-13-34)45(57)35-10-8-32(3)9-11-35/h8-31,33H,6-7H2,1-5H3. The van der Waals surface area contributed by atoms with E-state index in [-0.39, 0.29) is 34.2 Å². The van der Waals surface area contributed by atoms with E-state index < -0.39 is 35.0 Å². The van der Waals surface area contributed by atoms with Crippen LogP contribution >= 0.6 is 0 Å². The molecule has 6 rings (SSSR count). The highest BCUT2D eigenvalue weighted by atomic mass is 19.4. The van der Waals surface area contributed by atoms with Crippen molar-refractivity contribution in [3.8, 4) is 17.2 Å². The van der Waals surface area contributed by atoms with E-state index in [0.29, 0.717) is 27.8 Å². The number of halogens is 6. The molecule has 0 aromatic heterocycles. The molecule has 1 unspecified atom stereocenters. The Morgan fingerprint density at radius 2 is 0.833 bits per heavy atom. The number of hydrogen-bond acceptors (Lipinski definition) is 4. The molecule has 0 aliphatic rings. The zero-order valence-corrected chi connectivity index (χ0v) is 33.7. The van der Waals surface area contributed by atoms with Crippen LogP contribution in [0.5, 0.6) is 17.2 Å². The van der Waals surface area contributed by atoms with Crippen molar-refractivity contribution in [2.24, 2.45) is 0 Å². The van der Waals surface area contributed by atoms with Crippen LogP contribution in [0.25, 0.3) is 0 Å². The second-order valence-corrected chi connectivity index (χ2v) is 15.2. The van der Waals surface area contributed by atoms with Gasteiger partial charge in [0.15, 0.2) is 11.6 Å². The fourth-order valence-corrected chi connectivity index (χ4v) is 7.25. The van der Waals surface area contributed by atoms with Crippen molar-refractivity contribution in [2.45, 2.75) is 76.7 Å². The van der Waals surface area contributed by atoms with Gasteiger partial charge in [-0.25, -0.2) is 0 Å². The minimum absolute atomic E-state index is 0.00375. The van der Waals surface area contributed by atoms with Crippen molar-refractivity contribution in [1.82, 2.24) is 0 Å². The van der Waals surface area contributed by atoms with Crippen molar-refractivity contribution >= 4 is 11.6 Å². The molecule has 0 aliphatic carbocycles. The molecule has 310 valence electrons. The van der Waals surface area contributed by atoms with E-state index >= 15 is 0 Å². The molecule has 0 spiro atoms. The summed E-state index contributed by atoms with van der Waals surface area (Å²) in [5, 5.41) is 0. The predicted molar refractivity (Wildman–Crippen MR) is 220 cm³/mol. The van der Waals surface area contributed by atoms with Crippen LogP contribution in [0, 0.1) is 6.92 Å². The Hall–Kier alpha value is -6.16. The molecule has 0 heterocycles. The summed E-state index contributed by atoms with van der Waals surface area (Å²) in [6.07, 6.45) is -10.3. The molecule has 0 radical (unpaired) electrons. The Bertz CT molecular complexity index is 2380. The SMILES string of the molecule is CCC(C)(CC)c1ccc(C(=O)c2ccc(Oc3ccc(C(c4ccc(OC(C)c5ccc(C(=O)c6ccc(C)cc6)cc5)cc4)(C(F)(F)F)C(F)(F)F)cc3)cc2)cc1. The fourth-order valence-electron chi connectivity index (χ4n) is 7.25. The first kappa shape index (κ1) is 43.4. The molecule has 0 saturated heterocycles. The predicted octanol–water partition coefficient (Wildman–Crippen LogP) is 13.9. The Balaban J connectivity index is 1.17. The van der Waals surface area contributed by atoms with E-state index in [1.807, 2.05) is 31.2 Å². The molecule has 4 nitrogen and oxygen atoms in total. The topological polar surface area (TPSA) is 52.6 Å². The number of alkyl halides is 6. The first-order valence-corrected chi connectivity index (χ1v) is 19.6. The number of benzene rings is 6. The third-order valence-corrected chi connectivity index (χ3v) is 11.5. The Morgan fingerprint density at radius 3 is 1.23 bits per heavy atom. The summed E-state index contributed by atoms with van der Waals surface area (Å²) in [7, 11) is 0. The van der Waals surface area contributed by atoms with Crippen LogP contribution in [-0.2, 0) is 10.8 Å². The molecule has 10 heteroatoms. The number of ketones is 2. The smallest absolute Gasteiger partial charge is 0.411 e. The molecule has 0 fully saturated rings. The Kier molecular flexibility index (Phi) is 12.5. The molecule has 6 aromatic rings. The van der Waals surface area contributed by atoms with Gasteiger partial charge in [-0.1, -0.05) is 123 Å². The molecule has 0 bridgehead atoms. The highest BCUT2D eigenvalue weighted by Gasteiger charge is 2.72. The van der Waals surface area contributed by atoms with Crippen LogP contribution in [0.2, 0.25) is 0 Å². The van der Waals surface area contributed by atoms with Gasteiger partial charge in [-0.3, -0.25) is 9.59 Å². The number of carbonyl (C=O) groups excluding carboxylic acids is 2. The van der Waals surface area contributed by atoms with Gasteiger partial charge in [-0.2, -0.15) is 26.3 Å². The van der Waals surface area contributed by atoms with E-state index in [9.17, 15) is 35.9 Å². The molecule has 0 aliphatic heterocycles. The lowest BCUT2D eigenvalue weighted by molar-refractivity contribution is -0.288. The monoisotopic (exact) mass is 822 g/mol. The number of ether oxygens (including phenoxy) is 2. The summed E-state index contributed by atoms with van der Waals surface area (Å²) in [6, 6.07) is 34.6. The van der Waals surface area contributed by atoms with E-state index in [1.165, 1.54) is 12.1 Å². The van der Waals surface area contributed by atoms with E-state index in [4.69, 9.17) is 9.47 Å². The van der Waals surface area contributed by atoms with Crippen LogP contribution in [-0.4, -0.2) is 23.9 Å². The number of rotatable bonds is 14. The fraction of sp³-hybridized carbons (Fsp3) is 0.240. The lowest BCUT2D eigenvalue weighted by Crippen LogP contribution is -2.54. The van der Waals surface area contributed by atoms with Crippen molar-refractivity contribution < 1.29 is 45.4 Å². The number of hydrogen-bond donors (Lipinski definition) is 0. The van der Waals surface area contributed by atoms with Gasteiger partial charge in [-0.05, 0) is 103 Å². The Labute approximate surface area is 345 Å². The summed E-state index contributed by atoms with van der Waals surface area (Å²) in [5.74, 6) is -0.118. The van der Waals surface area contributed by atoms with E-state index in [1.54, 1.807) is 67.6 Å². The average molecular weight is 823 g/mol. The van der Waals surface area contributed by atoms with Crippen LogP contribution in [0.3, 0.4) is 0 Å². The van der Waals surface area contributed by atoms with Crippen LogP contribution in [0.4, 0.5) is 26.3 Å². The minimum Gasteiger partial charge on any atom is -0.486 e. The number of carbonyl (C=O) groups is 2.